The molecule has 0 amide bonds. The van der Waals surface area contributed by atoms with E-state index in [1.54, 1.807) is 0 Å². The number of hydrogen-bond acceptors (Lipinski definition) is 6. The summed E-state index contributed by atoms with van der Waals surface area (Å²) in [5.41, 5.74) is 2.14. The van der Waals surface area contributed by atoms with Crippen LogP contribution in [0.5, 0.6) is 0 Å². The molecule has 3 heterocycles. The van der Waals surface area contributed by atoms with Gasteiger partial charge >= 0.3 is 0 Å². The highest BCUT2D eigenvalue weighted by Gasteiger charge is 2.41. The first-order valence-corrected chi connectivity index (χ1v) is 8.58. The highest BCUT2D eigenvalue weighted by molar-refractivity contribution is 5.53. The number of likely N-dealkylation sites (tertiary alicyclic amines) is 1. The quantitative estimate of drug-likeness (QED) is 0.863. The van der Waals surface area contributed by atoms with Crippen LogP contribution in [0.25, 0.3) is 11.5 Å². The summed E-state index contributed by atoms with van der Waals surface area (Å²) in [6.07, 6.45) is 1.77. The summed E-state index contributed by atoms with van der Waals surface area (Å²) in [6, 6.07) is 8.20. The van der Waals surface area contributed by atoms with Gasteiger partial charge in [-0.15, -0.1) is 10.2 Å². The van der Waals surface area contributed by atoms with E-state index in [2.05, 4.69) is 41.1 Å². The molecule has 1 aromatic heterocycles. The van der Waals surface area contributed by atoms with E-state index in [0.717, 1.165) is 31.5 Å². The van der Waals surface area contributed by atoms with Gasteiger partial charge in [0.1, 0.15) is 0 Å². The molecule has 0 bridgehead atoms. The molecule has 0 saturated carbocycles. The zero-order valence-electron chi connectivity index (χ0n) is 14.2. The van der Waals surface area contributed by atoms with Gasteiger partial charge in [0.05, 0.1) is 19.3 Å². The van der Waals surface area contributed by atoms with E-state index < -0.39 is 0 Å². The molecule has 2 aromatic rings. The number of hydrogen-bond donors (Lipinski definition) is 0. The van der Waals surface area contributed by atoms with Crippen LogP contribution in [-0.2, 0) is 9.47 Å². The van der Waals surface area contributed by atoms with Crippen LogP contribution < -0.4 is 0 Å². The van der Waals surface area contributed by atoms with E-state index >= 15 is 0 Å². The van der Waals surface area contributed by atoms with Crippen molar-refractivity contribution >= 4 is 0 Å². The van der Waals surface area contributed by atoms with Crippen LogP contribution >= 0.6 is 0 Å². The Kier molecular flexibility index (Phi) is 4.12. The molecular formula is C18H23N3O3. The SMILES string of the molecule is Cc1cccc(-c2nnc([C@@H](C)N3CCC4(CC3)OCCO4)o2)c1. The lowest BCUT2D eigenvalue weighted by atomic mass is 10.0. The van der Waals surface area contributed by atoms with Crippen LogP contribution in [0.15, 0.2) is 28.7 Å². The molecular weight excluding hydrogens is 306 g/mol. The minimum atomic E-state index is -0.349. The van der Waals surface area contributed by atoms with Crippen LogP contribution in [-0.4, -0.2) is 47.2 Å². The molecule has 0 aliphatic carbocycles. The number of rotatable bonds is 3. The fourth-order valence-electron chi connectivity index (χ4n) is 3.49. The van der Waals surface area contributed by atoms with Gasteiger partial charge in [-0.05, 0) is 26.0 Å². The second-order valence-electron chi connectivity index (χ2n) is 6.63. The largest absolute Gasteiger partial charge is 0.419 e. The van der Waals surface area contributed by atoms with Crippen molar-refractivity contribution in [1.82, 2.24) is 15.1 Å². The Morgan fingerprint density at radius 3 is 2.58 bits per heavy atom. The monoisotopic (exact) mass is 329 g/mol. The third-order valence-corrected chi connectivity index (χ3v) is 4.98. The van der Waals surface area contributed by atoms with Gasteiger partial charge in [-0.25, -0.2) is 0 Å². The van der Waals surface area contributed by atoms with Gasteiger partial charge in [-0.1, -0.05) is 17.7 Å². The highest BCUT2D eigenvalue weighted by Crippen LogP contribution is 2.34. The Bertz CT molecular complexity index is 699. The number of aryl methyl sites for hydroxylation is 1. The fraction of sp³-hybridized carbons (Fsp3) is 0.556. The second kappa shape index (κ2) is 6.27. The van der Waals surface area contributed by atoms with Gasteiger partial charge in [0.25, 0.3) is 0 Å². The maximum atomic E-state index is 5.93. The fourth-order valence-corrected chi connectivity index (χ4v) is 3.49. The topological polar surface area (TPSA) is 60.6 Å². The minimum absolute atomic E-state index is 0.0924. The van der Waals surface area contributed by atoms with Crippen LogP contribution in [0, 0.1) is 6.92 Å². The molecule has 4 rings (SSSR count). The summed E-state index contributed by atoms with van der Waals surface area (Å²) < 4.78 is 17.5. The second-order valence-corrected chi connectivity index (χ2v) is 6.63. The van der Waals surface area contributed by atoms with E-state index in [1.165, 1.54) is 5.56 Å². The number of benzene rings is 1. The lowest BCUT2D eigenvalue weighted by Crippen LogP contribution is -2.45. The van der Waals surface area contributed by atoms with E-state index in [-0.39, 0.29) is 11.8 Å². The molecule has 128 valence electrons. The van der Waals surface area contributed by atoms with Crippen molar-refractivity contribution in [2.24, 2.45) is 0 Å². The molecule has 2 saturated heterocycles. The zero-order chi connectivity index (χ0) is 16.6. The first kappa shape index (κ1) is 15.7. The first-order chi connectivity index (χ1) is 11.7. The Hall–Kier alpha value is -1.76. The molecule has 2 fully saturated rings. The van der Waals surface area contributed by atoms with Crippen LogP contribution in [0.2, 0.25) is 0 Å². The predicted octanol–water partition coefficient (Wildman–Crippen LogP) is 2.94. The van der Waals surface area contributed by atoms with Crippen molar-refractivity contribution in [1.29, 1.82) is 0 Å². The predicted molar refractivity (Wildman–Crippen MR) is 88.3 cm³/mol. The maximum Gasteiger partial charge on any atom is 0.247 e. The van der Waals surface area contributed by atoms with Gasteiger partial charge < -0.3 is 13.9 Å². The van der Waals surface area contributed by atoms with Crippen molar-refractivity contribution in [3.05, 3.63) is 35.7 Å². The molecule has 0 N–H and O–H groups in total. The standard InChI is InChI=1S/C18H23N3O3/c1-13-4-3-5-15(12-13)17-20-19-16(24-17)14(2)21-8-6-18(7-9-21)22-10-11-23-18/h3-5,12,14H,6-11H2,1-2H3/t14-/m1/s1. The molecule has 0 radical (unpaired) electrons. The van der Waals surface area contributed by atoms with Crippen LogP contribution in [0.3, 0.4) is 0 Å². The lowest BCUT2D eigenvalue weighted by Gasteiger charge is -2.39. The first-order valence-electron chi connectivity index (χ1n) is 8.58. The summed E-state index contributed by atoms with van der Waals surface area (Å²) >= 11 is 0. The molecule has 1 aromatic carbocycles. The Balaban J connectivity index is 1.45. The normalized spacial score (nSPS) is 22.1. The average Bonchev–Trinajstić information content (AvgIpc) is 3.25. The summed E-state index contributed by atoms with van der Waals surface area (Å²) in [5, 5.41) is 8.49. The van der Waals surface area contributed by atoms with Crippen molar-refractivity contribution in [2.45, 2.75) is 38.5 Å². The average molecular weight is 329 g/mol. The van der Waals surface area contributed by atoms with E-state index in [4.69, 9.17) is 13.9 Å². The minimum Gasteiger partial charge on any atom is -0.419 e. The van der Waals surface area contributed by atoms with Gasteiger partial charge in [-0.3, -0.25) is 4.90 Å². The van der Waals surface area contributed by atoms with Gasteiger partial charge in [0.2, 0.25) is 11.8 Å². The molecule has 1 atom stereocenters. The van der Waals surface area contributed by atoms with Crippen molar-refractivity contribution in [3.8, 4) is 11.5 Å². The Morgan fingerprint density at radius 1 is 1.12 bits per heavy atom. The number of ether oxygens (including phenoxy) is 2. The molecule has 6 nitrogen and oxygen atoms in total. The van der Waals surface area contributed by atoms with Gasteiger partial charge in [0, 0.05) is 31.5 Å². The van der Waals surface area contributed by atoms with E-state index in [9.17, 15) is 0 Å². The van der Waals surface area contributed by atoms with Gasteiger partial charge in [-0.2, -0.15) is 0 Å². The highest BCUT2D eigenvalue weighted by atomic mass is 16.7. The van der Waals surface area contributed by atoms with Gasteiger partial charge in [0.15, 0.2) is 5.79 Å². The van der Waals surface area contributed by atoms with Crippen molar-refractivity contribution in [3.63, 3.8) is 0 Å². The number of nitrogens with zero attached hydrogens (tertiary/aromatic N) is 3. The third-order valence-electron chi connectivity index (χ3n) is 4.98. The lowest BCUT2D eigenvalue weighted by molar-refractivity contribution is -0.188. The zero-order valence-corrected chi connectivity index (χ0v) is 14.2. The van der Waals surface area contributed by atoms with Crippen molar-refractivity contribution in [2.75, 3.05) is 26.3 Å². The Labute approximate surface area is 141 Å². The summed E-state index contributed by atoms with van der Waals surface area (Å²) in [4.78, 5) is 2.35. The summed E-state index contributed by atoms with van der Waals surface area (Å²) in [7, 11) is 0. The molecule has 1 spiro atoms. The van der Waals surface area contributed by atoms with Crippen LogP contribution in [0.1, 0.15) is 37.3 Å². The molecule has 2 aliphatic heterocycles. The third kappa shape index (κ3) is 2.97. The molecule has 24 heavy (non-hydrogen) atoms. The number of aromatic nitrogens is 2. The summed E-state index contributed by atoms with van der Waals surface area (Å²) in [5.74, 6) is 0.893. The van der Waals surface area contributed by atoms with Crippen molar-refractivity contribution < 1.29 is 13.9 Å². The van der Waals surface area contributed by atoms with Crippen LogP contribution in [0.4, 0.5) is 0 Å². The molecule has 6 heteroatoms. The Morgan fingerprint density at radius 2 is 1.88 bits per heavy atom. The van der Waals surface area contributed by atoms with E-state index in [1.807, 2.05) is 12.1 Å². The number of piperidine rings is 1. The molecule has 2 aliphatic rings. The molecule has 0 unspecified atom stereocenters. The maximum absolute atomic E-state index is 5.93. The smallest absolute Gasteiger partial charge is 0.247 e. The van der Waals surface area contributed by atoms with E-state index in [0.29, 0.717) is 25.0 Å². The summed E-state index contributed by atoms with van der Waals surface area (Å²) in [6.45, 7) is 7.40.